The number of carbonyl (C=O) groups is 2. The molecule has 0 N–H and O–H groups in total. The number of unbranched alkanes of at least 4 members (excludes halogenated alkanes) is 2. The van der Waals surface area contributed by atoms with Crippen molar-refractivity contribution in [2.24, 2.45) is 0 Å². The third kappa shape index (κ3) is 8.35. The van der Waals surface area contributed by atoms with Crippen LogP contribution in [0.3, 0.4) is 0 Å². The highest BCUT2D eigenvalue weighted by atomic mass is 16.5. The Labute approximate surface area is 162 Å². The fourth-order valence-electron chi connectivity index (χ4n) is 2.10. The minimum absolute atomic E-state index is 0.384. The highest BCUT2D eigenvalue weighted by Gasteiger charge is 2.17. The largest absolute Gasteiger partial charge is 0.494 e. The number of rotatable bonds is 8. The lowest BCUT2D eigenvalue weighted by atomic mass is 10.0. The Kier molecular flexibility index (Phi) is 10.2. The Hall–Kier alpha value is -2.90. The Morgan fingerprint density at radius 3 is 1.89 bits per heavy atom. The third-order valence-electron chi connectivity index (χ3n) is 3.73. The molecule has 0 saturated carbocycles. The summed E-state index contributed by atoms with van der Waals surface area (Å²) >= 11 is 0. The van der Waals surface area contributed by atoms with Crippen LogP contribution in [0.2, 0.25) is 0 Å². The fourth-order valence-corrected chi connectivity index (χ4v) is 2.10. The molecule has 2 rings (SSSR count). The number of hydrogen-bond donors (Lipinski definition) is 0. The molecule has 0 aromatic heterocycles. The molecule has 2 aromatic carbocycles. The van der Waals surface area contributed by atoms with E-state index in [1.807, 2.05) is 19.9 Å². The van der Waals surface area contributed by atoms with Gasteiger partial charge in [-0.3, -0.25) is 9.59 Å². The van der Waals surface area contributed by atoms with E-state index in [1.54, 1.807) is 48.5 Å². The quantitative estimate of drug-likeness (QED) is 0.247. The van der Waals surface area contributed by atoms with Gasteiger partial charge in [0.15, 0.2) is 0 Å². The summed E-state index contributed by atoms with van der Waals surface area (Å²) in [4.78, 5) is 24.3. The standard InChI is InChI=1S/C19H20O3.C5H8/c1-2-3-7-14-22-17-12-10-16(11-13-17)19(21)18(20)15-8-5-4-6-9-15;1-4-5(2)3/h4-6,8-13H,2-3,7,14H2,1H3;1H2,2-3H3. The molecule has 2 aromatic rings. The van der Waals surface area contributed by atoms with Gasteiger partial charge in [0.2, 0.25) is 11.6 Å². The molecule has 0 heterocycles. The summed E-state index contributed by atoms with van der Waals surface area (Å²) in [5.41, 5.74) is 4.63. The predicted octanol–water partition coefficient (Wildman–Crippen LogP) is 6.06. The first-order chi connectivity index (χ1) is 13.0. The minimum atomic E-state index is -0.497. The van der Waals surface area contributed by atoms with E-state index in [1.165, 1.54) is 0 Å². The van der Waals surface area contributed by atoms with E-state index in [0.717, 1.165) is 30.6 Å². The number of ether oxygens (including phenoxy) is 1. The second kappa shape index (κ2) is 12.5. The van der Waals surface area contributed by atoms with Gasteiger partial charge in [-0.15, -0.1) is 5.73 Å². The summed E-state index contributed by atoms with van der Waals surface area (Å²) in [7, 11) is 0. The van der Waals surface area contributed by atoms with Crippen molar-refractivity contribution in [2.45, 2.75) is 40.0 Å². The number of carbonyl (C=O) groups excluding carboxylic acids is 2. The van der Waals surface area contributed by atoms with Gasteiger partial charge in [-0.1, -0.05) is 56.7 Å². The van der Waals surface area contributed by atoms with Crippen molar-refractivity contribution in [3.8, 4) is 5.75 Å². The van der Waals surface area contributed by atoms with Gasteiger partial charge in [0.25, 0.3) is 0 Å². The Bertz CT molecular complexity index is 763. The van der Waals surface area contributed by atoms with Crippen molar-refractivity contribution in [1.82, 2.24) is 0 Å². The maximum Gasteiger partial charge on any atom is 0.233 e. The molecule has 0 amide bonds. The number of hydrogen-bond acceptors (Lipinski definition) is 3. The summed E-state index contributed by atoms with van der Waals surface area (Å²) < 4.78 is 5.59. The fraction of sp³-hybridized carbons (Fsp3) is 0.292. The number of benzene rings is 2. The molecule has 142 valence electrons. The zero-order chi connectivity index (χ0) is 20.1. The van der Waals surface area contributed by atoms with Crippen LogP contribution in [-0.2, 0) is 0 Å². The van der Waals surface area contributed by atoms with Crippen LogP contribution in [0.15, 0.2) is 72.5 Å². The zero-order valence-electron chi connectivity index (χ0n) is 16.5. The molecule has 0 radical (unpaired) electrons. The van der Waals surface area contributed by atoms with E-state index in [-0.39, 0.29) is 0 Å². The first kappa shape index (κ1) is 22.1. The summed E-state index contributed by atoms with van der Waals surface area (Å²) in [5.74, 6) is -0.263. The van der Waals surface area contributed by atoms with E-state index in [2.05, 4.69) is 19.2 Å². The van der Waals surface area contributed by atoms with Gasteiger partial charge in [0.05, 0.1) is 6.61 Å². The minimum Gasteiger partial charge on any atom is -0.494 e. The molecule has 3 nitrogen and oxygen atoms in total. The van der Waals surface area contributed by atoms with Gasteiger partial charge in [0.1, 0.15) is 5.75 Å². The molecule has 0 atom stereocenters. The summed E-state index contributed by atoms with van der Waals surface area (Å²) in [6, 6.07) is 15.3. The van der Waals surface area contributed by atoms with E-state index < -0.39 is 11.6 Å². The first-order valence-electron chi connectivity index (χ1n) is 9.19. The van der Waals surface area contributed by atoms with Crippen molar-refractivity contribution < 1.29 is 14.3 Å². The number of Topliss-reactive ketones (excluding diaryl/α,β-unsaturated/α-hetero) is 2. The van der Waals surface area contributed by atoms with E-state index in [4.69, 9.17) is 4.74 Å². The third-order valence-corrected chi connectivity index (χ3v) is 3.73. The van der Waals surface area contributed by atoms with Crippen LogP contribution in [0.25, 0.3) is 0 Å². The highest BCUT2D eigenvalue weighted by molar-refractivity contribution is 6.49. The van der Waals surface area contributed by atoms with Gasteiger partial charge < -0.3 is 4.74 Å². The first-order valence-corrected chi connectivity index (χ1v) is 9.19. The Morgan fingerprint density at radius 1 is 0.889 bits per heavy atom. The second-order valence-electron chi connectivity index (χ2n) is 6.28. The Morgan fingerprint density at radius 2 is 1.41 bits per heavy atom. The average molecular weight is 364 g/mol. The van der Waals surface area contributed by atoms with Crippen LogP contribution in [0.5, 0.6) is 5.75 Å². The smallest absolute Gasteiger partial charge is 0.233 e. The molecular weight excluding hydrogens is 336 g/mol. The molecule has 0 aliphatic rings. The van der Waals surface area contributed by atoms with Gasteiger partial charge >= 0.3 is 0 Å². The average Bonchev–Trinajstić information content (AvgIpc) is 2.71. The normalized spacial score (nSPS) is 9.44. The lowest BCUT2D eigenvalue weighted by molar-refractivity contribution is 0.0817. The maximum atomic E-state index is 12.2. The molecule has 0 fully saturated rings. The number of ketones is 2. The molecule has 0 bridgehead atoms. The molecule has 27 heavy (non-hydrogen) atoms. The van der Waals surface area contributed by atoms with Crippen molar-refractivity contribution in [1.29, 1.82) is 0 Å². The van der Waals surface area contributed by atoms with Crippen molar-refractivity contribution in [3.05, 3.63) is 83.6 Å². The highest BCUT2D eigenvalue weighted by Crippen LogP contribution is 2.15. The lowest BCUT2D eigenvalue weighted by Crippen LogP contribution is -2.14. The molecule has 3 heteroatoms. The van der Waals surface area contributed by atoms with E-state index in [0.29, 0.717) is 17.7 Å². The summed E-state index contributed by atoms with van der Waals surface area (Å²) in [5, 5.41) is 0. The molecule has 0 unspecified atom stereocenters. The van der Waals surface area contributed by atoms with Crippen molar-refractivity contribution >= 4 is 11.6 Å². The van der Waals surface area contributed by atoms with Gasteiger partial charge in [-0.05, 0) is 50.1 Å². The molecule has 0 aliphatic heterocycles. The monoisotopic (exact) mass is 364 g/mol. The van der Waals surface area contributed by atoms with Crippen LogP contribution >= 0.6 is 0 Å². The van der Waals surface area contributed by atoms with Gasteiger partial charge in [-0.2, -0.15) is 0 Å². The second-order valence-corrected chi connectivity index (χ2v) is 6.28. The summed E-state index contributed by atoms with van der Waals surface area (Å²) in [6.07, 6.45) is 3.31. The predicted molar refractivity (Wildman–Crippen MR) is 111 cm³/mol. The SMILES string of the molecule is C=C=C(C)C.CCCCCOc1ccc(C(=O)C(=O)c2ccccc2)cc1. The van der Waals surface area contributed by atoms with Crippen LogP contribution < -0.4 is 4.74 Å². The van der Waals surface area contributed by atoms with Crippen LogP contribution in [0.1, 0.15) is 60.7 Å². The van der Waals surface area contributed by atoms with Gasteiger partial charge in [0, 0.05) is 11.1 Å². The zero-order valence-corrected chi connectivity index (χ0v) is 16.5. The van der Waals surface area contributed by atoms with E-state index in [9.17, 15) is 9.59 Å². The lowest BCUT2D eigenvalue weighted by Gasteiger charge is -2.06. The Balaban J connectivity index is 0.000000646. The summed E-state index contributed by atoms with van der Waals surface area (Å²) in [6.45, 7) is 10.1. The molecule has 0 spiro atoms. The maximum absolute atomic E-state index is 12.2. The molecular formula is C24H28O3. The van der Waals surface area contributed by atoms with Gasteiger partial charge in [-0.25, -0.2) is 0 Å². The van der Waals surface area contributed by atoms with Crippen molar-refractivity contribution in [2.75, 3.05) is 6.61 Å². The molecule has 0 saturated heterocycles. The van der Waals surface area contributed by atoms with E-state index >= 15 is 0 Å². The van der Waals surface area contributed by atoms with Crippen LogP contribution in [0, 0.1) is 0 Å². The van der Waals surface area contributed by atoms with Crippen molar-refractivity contribution in [3.63, 3.8) is 0 Å². The van der Waals surface area contributed by atoms with Crippen LogP contribution in [0.4, 0.5) is 0 Å². The van der Waals surface area contributed by atoms with Crippen LogP contribution in [-0.4, -0.2) is 18.2 Å². The topological polar surface area (TPSA) is 43.4 Å². The number of allylic oxidation sites excluding steroid dienone is 1. The molecule has 0 aliphatic carbocycles.